The van der Waals surface area contributed by atoms with Crippen LogP contribution in [0.4, 0.5) is 4.39 Å². The SMILES string of the molecule is COCC(C)N(C)S(=O)(=O)c1cc(F)ccc1CN. The fourth-order valence-electron chi connectivity index (χ4n) is 1.68. The van der Waals surface area contributed by atoms with E-state index in [1.54, 1.807) is 6.92 Å². The van der Waals surface area contributed by atoms with Gasteiger partial charge >= 0.3 is 0 Å². The first-order chi connectivity index (χ1) is 8.84. The highest BCUT2D eigenvalue weighted by atomic mass is 32.2. The third-order valence-corrected chi connectivity index (χ3v) is 4.99. The Balaban J connectivity index is 3.23. The van der Waals surface area contributed by atoms with Gasteiger partial charge in [0, 0.05) is 26.7 Å². The maximum absolute atomic E-state index is 13.3. The minimum Gasteiger partial charge on any atom is -0.383 e. The molecule has 0 radical (unpaired) electrons. The Labute approximate surface area is 113 Å². The maximum atomic E-state index is 13.3. The van der Waals surface area contributed by atoms with Gasteiger partial charge in [-0.1, -0.05) is 6.07 Å². The second kappa shape index (κ2) is 6.42. The number of methoxy groups -OCH3 is 1. The van der Waals surface area contributed by atoms with Crippen molar-refractivity contribution in [3.8, 4) is 0 Å². The summed E-state index contributed by atoms with van der Waals surface area (Å²) in [5.41, 5.74) is 5.89. The van der Waals surface area contributed by atoms with Gasteiger partial charge in [0.2, 0.25) is 10.0 Å². The van der Waals surface area contributed by atoms with E-state index in [2.05, 4.69) is 0 Å². The number of hydrogen-bond donors (Lipinski definition) is 1. The lowest BCUT2D eigenvalue weighted by atomic mass is 10.2. The molecule has 0 fully saturated rings. The van der Waals surface area contributed by atoms with Crippen molar-refractivity contribution in [1.29, 1.82) is 0 Å². The van der Waals surface area contributed by atoms with E-state index in [1.807, 2.05) is 0 Å². The Kier molecular flexibility index (Phi) is 5.42. The smallest absolute Gasteiger partial charge is 0.243 e. The van der Waals surface area contributed by atoms with Crippen LogP contribution in [0.2, 0.25) is 0 Å². The number of rotatable bonds is 6. The molecule has 1 unspecified atom stereocenters. The van der Waals surface area contributed by atoms with Crippen molar-refractivity contribution in [2.75, 3.05) is 20.8 Å². The topological polar surface area (TPSA) is 72.6 Å². The lowest BCUT2D eigenvalue weighted by Crippen LogP contribution is -2.38. The first-order valence-electron chi connectivity index (χ1n) is 5.80. The summed E-state index contributed by atoms with van der Waals surface area (Å²) in [4.78, 5) is -0.0968. The summed E-state index contributed by atoms with van der Waals surface area (Å²) in [6.45, 7) is 1.99. The number of hydrogen-bond acceptors (Lipinski definition) is 4. The highest BCUT2D eigenvalue weighted by Gasteiger charge is 2.27. The normalized spacial score (nSPS) is 13.8. The predicted molar refractivity (Wildman–Crippen MR) is 70.6 cm³/mol. The third-order valence-electron chi connectivity index (χ3n) is 2.93. The van der Waals surface area contributed by atoms with Crippen LogP contribution in [0.5, 0.6) is 0 Å². The largest absolute Gasteiger partial charge is 0.383 e. The average Bonchev–Trinajstić information content (AvgIpc) is 2.38. The lowest BCUT2D eigenvalue weighted by molar-refractivity contribution is 0.149. The standard InChI is InChI=1S/C12H19FN2O3S/c1-9(8-18-3)15(2)19(16,17)12-6-11(13)5-4-10(12)7-14/h4-6,9H,7-8,14H2,1-3H3. The van der Waals surface area contributed by atoms with Crippen molar-refractivity contribution in [1.82, 2.24) is 4.31 Å². The molecule has 0 aliphatic carbocycles. The Morgan fingerprint density at radius 2 is 2.11 bits per heavy atom. The van der Waals surface area contributed by atoms with Crippen LogP contribution >= 0.6 is 0 Å². The van der Waals surface area contributed by atoms with Gasteiger partial charge in [0.25, 0.3) is 0 Å². The van der Waals surface area contributed by atoms with Crippen LogP contribution in [-0.2, 0) is 21.3 Å². The molecule has 5 nitrogen and oxygen atoms in total. The molecule has 1 aromatic carbocycles. The van der Waals surface area contributed by atoms with Crippen molar-refractivity contribution in [2.45, 2.75) is 24.4 Å². The van der Waals surface area contributed by atoms with Gasteiger partial charge in [0.1, 0.15) is 5.82 Å². The van der Waals surface area contributed by atoms with Crippen molar-refractivity contribution < 1.29 is 17.5 Å². The summed E-state index contributed by atoms with van der Waals surface area (Å²) in [6, 6.07) is 3.22. The predicted octanol–water partition coefficient (Wildman–Crippen LogP) is 0.940. The molecule has 1 aromatic rings. The van der Waals surface area contributed by atoms with Crippen molar-refractivity contribution in [2.24, 2.45) is 5.73 Å². The fourth-order valence-corrected chi connectivity index (χ4v) is 3.26. The first kappa shape index (κ1) is 16.0. The van der Waals surface area contributed by atoms with Crippen LogP contribution in [0.3, 0.4) is 0 Å². The molecule has 7 heteroatoms. The minimum atomic E-state index is -3.79. The number of benzene rings is 1. The Hall–Kier alpha value is -1.02. The van der Waals surface area contributed by atoms with Crippen LogP contribution in [-0.4, -0.2) is 39.5 Å². The van der Waals surface area contributed by atoms with Crippen LogP contribution in [0, 0.1) is 5.82 Å². The van der Waals surface area contributed by atoms with Crippen molar-refractivity contribution in [3.05, 3.63) is 29.6 Å². The van der Waals surface area contributed by atoms with Gasteiger partial charge in [-0.2, -0.15) is 4.31 Å². The molecular weight excluding hydrogens is 271 g/mol. The molecule has 1 atom stereocenters. The molecule has 0 heterocycles. The Morgan fingerprint density at radius 1 is 1.47 bits per heavy atom. The van der Waals surface area contributed by atoms with E-state index in [0.29, 0.717) is 5.56 Å². The highest BCUT2D eigenvalue weighted by Crippen LogP contribution is 2.22. The van der Waals surface area contributed by atoms with Crippen LogP contribution < -0.4 is 5.73 Å². The second-order valence-electron chi connectivity index (χ2n) is 4.28. The molecular formula is C12H19FN2O3S. The average molecular weight is 290 g/mol. The number of ether oxygens (including phenoxy) is 1. The molecule has 0 aliphatic heterocycles. The van der Waals surface area contributed by atoms with Crippen molar-refractivity contribution >= 4 is 10.0 Å². The third kappa shape index (κ3) is 3.50. The molecule has 0 spiro atoms. The summed E-state index contributed by atoms with van der Waals surface area (Å²) in [7, 11) is -0.867. The summed E-state index contributed by atoms with van der Waals surface area (Å²) in [5.74, 6) is -0.608. The van der Waals surface area contributed by atoms with Crippen LogP contribution in [0.25, 0.3) is 0 Å². The van der Waals surface area contributed by atoms with Crippen LogP contribution in [0.15, 0.2) is 23.1 Å². The first-order valence-corrected chi connectivity index (χ1v) is 7.24. The zero-order valence-electron chi connectivity index (χ0n) is 11.3. The van der Waals surface area contributed by atoms with E-state index in [-0.39, 0.29) is 24.1 Å². The van der Waals surface area contributed by atoms with E-state index in [9.17, 15) is 12.8 Å². The van der Waals surface area contributed by atoms with E-state index >= 15 is 0 Å². The van der Waals surface area contributed by atoms with Crippen LogP contribution in [0.1, 0.15) is 12.5 Å². The number of halogens is 1. The maximum Gasteiger partial charge on any atom is 0.243 e. The lowest BCUT2D eigenvalue weighted by Gasteiger charge is -2.24. The summed E-state index contributed by atoms with van der Waals surface area (Å²) >= 11 is 0. The summed E-state index contributed by atoms with van der Waals surface area (Å²) in [6.07, 6.45) is 0. The van der Waals surface area contributed by atoms with Crippen molar-refractivity contribution in [3.63, 3.8) is 0 Å². The number of nitrogens with zero attached hydrogens (tertiary/aromatic N) is 1. The monoisotopic (exact) mass is 290 g/mol. The Bertz CT molecular complexity index is 534. The van der Waals surface area contributed by atoms with Gasteiger partial charge in [-0.15, -0.1) is 0 Å². The molecule has 0 saturated heterocycles. The molecule has 0 saturated carbocycles. The number of sulfonamides is 1. The fraction of sp³-hybridized carbons (Fsp3) is 0.500. The molecule has 0 aliphatic rings. The van der Waals surface area contributed by atoms with Gasteiger partial charge in [-0.25, -0.2) is 12.8 Å². The van der Waals surface area contributed by atoms with Gasteiger partial charge in [-0.05, 0) is 24.6 Å². The highest BCUT2D eigenvalue weighted by molar-refractivity contribution is 7.89. The second-order valence-corrected chi connectivity index (χ2v) is 6.25. The van der Waals surface area contributed by atoms with E-state index < -0.39 is 15.8 Å². The molecule has 1 rings (SSSR count). The molecule has 0 aromatic heterocycles. The molecule has 19 heavy (non-hydrogen) atoms. The zero-order chi connectivity index (χ0) is 14.6. The zero-order valence-corrected chi connectivity index (χ0v) is 12.1. The van der Waals surface area contributed by atoms with E-state index in [4.69, 9.17) is 10.5 Å². The Morgan fingerprint density at radius 3 is 2.63 bits per heavy atom. The molecule has 108 valence electrons. The molecule has 0 amide bonds. The number of nitrogens with two attached hydrogens (primary N) is 1. The molecule has 2 N–H and O–H groups in total. The number of likely N-dealkylation sites (N-methyl/N-ethyl adjacent to an activating group) is 1. The van der Waals surface area contributed by atoms with Gasteiger partial charge in [0.05, 0.1) is 11.5 Å². The van der Waals surface area contributed by atoms with E-state index in [0.717, 1.165) is 10.4 Å². The summed E-state index contributed by atoms with van der Waals surface area (Å²) in [5, 5.41) is 0. The molecule has 0 bridgehead atoms. The quantitative estimate of drug-likeness (QED) is 0.846. The summed E-state index contributed by atoms with van der Waals surface area (Å²) < 4.78 is 44.2. The van der Waals surface area contributed by atoms with Gasteiger partial charge in [-0.3, -0.25) is 0 Å². The minimum absolute atomic E-state index is 0.0291. The van der Waals surface area contributed by atoms with Gasteiger partial charge in [0.15, 0.2) is 0 Å². The van der Waals surface area contributed by atoms with E-state index in [1.165, 1.54) is 26.3 Å². The van der Waals surface area contributed by atoms with Gasteiger partial charge < -0.3 is 10.5 Å².